The SMILES string of the molecule is O=C(CN1C(=O)S/C(=C/c2ccc(-c3cc(C(=O)O)ccc3Cl)o2)C1=O)Nc1ccccc1. The zero-order chi connectivity index (χ0) is 23.5. The molecule has 0 bridgehead atoms. The topological polar surface area (TPSA) is 117 Å². The Labute approximate surface area is 196 Å². The molecule has 0 radical (unpaired) electrons. The van der Waals surface area contributed by atoms with Gasteiger partial charge in [-0.05, 0) is 54.2 Å². The highest BCUT2D eigenvalue weighted by atomic mass is 35.5. The van der Waals surface area contributed by atoms with Crippen molar-refractivity contribution in [2.75, 3.05) is 11.9 Å². The number of thioether (sulfide) groups is 1. The number of nitrogens with one attached hydrogen (secondary N) is 1. The zero-order valence-corrected chi connectivity index (χ0v) is 18.4. The van der Waals surface area contributed by atoms with E-state index in [2.05, 4.69) is 5.32 Å². The molecule has 1 fully saturated rings. The van der Waals surface area contributed by atoms with Crippen molar-refractivity contribution < 1.29 is 28.7 Å². The Bertz CT molecular complexity index is 1300. The van der Waals surface area contributed by atoms with E-state index >= 15 is 0 Å². The Morgan fingerprint density at radius 3 is 2.58 bits per heavy atom. The number of carbonyl (C=O) groups is 4. The van der Waals surface area contributed by atoms with E-state index in [1.54, 1.807) is 42.5 Å². The highest BCUT2D eigenvalue weighted by Crippen LogP contribution is 2.35. The van der Waals surface area contributed by atoms with Crippen molar-refractivity contribution in [1.82, 2.24) is 4.90 Å². The average Bonchev–Trinajstić information content (AvgIpc) is 3.35. The maximum absolute atomic E-state index is 12.7. The van der Waals surface area contributed by atoms with Crippen molar-refractivity contribution in [2.24, 2.45) is 0 Å². The molecule has 1 aromatic heterocycles. The summed E-state index contributed by atoms with van der Waals surface area (Å²) in [4.78, 5) is 49.4. The molecule has 2 heterocycles. The first-order chi connectivity index (χ1) is 15.8. The van der Waals surface area contributed by atoms with Gasteiger partial charge in [0.25, 0.3) is 11.1 Å². The molecule has 8 nitrogen and oxygen atoms in total. The second-order valence-electron chi connectivity index (χ2n) is 6.88. The van der Waals surface area contributed by atoms with E-state index in [9.17, 15) is 24.3 Å². The van der Waals surface area contributed by atoms with Gasteiger partial charge in [-0.3, -0.25) is 19.3 Å². The van der Waals surface area contributed by atoms with Gasteiger partial charge < -0.3 is 14.8 Å². The number of carboxylic acids is 1. The van der Waals surface area contributed by atoms with E-state index in [1.165, 1.54) is 24.3 Å². The van der Waals surface area contributed by atoms with Crippen LogP contribution in [0, 0.1) is 0 Å². The van der Waals surface area contributed by atoms with E-state index < -0.39 is 29.6 Å². The number of imide groups is 1. The van der Waals surface area contributed by atoms with Crippen LogP contribution in [0.2, 0.25) is 5.02 Å². The molecule has 1 saturated heterocycles. The minimum absolute atomic E-state index is 0.0437. The van der Waals surface area contributed by atoms with Gasteiger partial charge in [0.15, 0.2) is 0 Å². The number of carbonyl (C=O) groups excluding carboxylic acids is 3. The number of amides is 3. The quantitative estimate of drug-likeness (QED) is 0.476. The molecule has 4 rings (SSSR count). The Kier molecular flexibility index (Phi) is 6.34. The van der Waals surface area contributed by atoms with Gasteiger partial charge >= 0.3 is 5.97 Å². The molecular formula is C23H15ClN2O6S. The van der Waals surface area contributed by atoms with Crippen LogP contribution in [0.4, 0.5) is 10.5 Å². The third kappa shape index (κ3) is 5.00. The Morgan fingerprint density at radius 2 is 1.85 bits per heavy atom. The van der Waals surface area contributed by atoms with Crippen LogP contribution in [-0.4, -0.2) is 39.6 Å². The number of carboxylic acid groups (broad SMARTS) is 1. The Hall–Kier alpha value is -3.82. The molecule has 2 aromatic carbocycles. The van der Waals surface area contributed by atoms with Crippen molar-refractivity contribution >= 4 is 58.1 Å². The number of benzene rings is 2. The molecule has 3 aromatic rings. The van der Waals surface area contributed by atoms with Gasteiger partial charge in [-0.25, -0.2) is 4.79 Å². The van der Waals surface area contributed by atoms with Crippen LogP contribution in [-0.2, 0) is 9.59 Å². The summed E-state index contributed by atoms with van der Waals surface area (Å²) < 4.78 is 5.70. The number of furan rings is 1. The number of aromatic carboxylic acids is 1. The number of anilines is 1. The number of para-hydroxylation sites is 1. The van der Waals surface area contributed by atoms with Gasteiger partial charge in [0.05, 0.1) is 15.5 Å². The maximum Gasteiger partial charge on any atom is 0.335 e. The van der Waals surface area contributed by atoms with Crippen LogP contribution in [0.1, 0.15) is 16.1 Å². The van der Waals surface area contributed by atoms with E-state index in [0.29, 0.717) is 33.8 Å². The highest BCUT2D eigenvalue weighted by Gasteiger charge is 2.36. The van der Waals surface area contributed by atoms with E-state index in [4.69, 9.17) is 16.0 Å². The average molecular weight is 483 g/mol. The smallest absolute Gasteiger partial charge is 0.335 e. The summed E-state index contributed by atoms with van der Waals surface area (Å²) >= 11 is 6.86. The fourth-order valence-electron chi connectivity index (χ4n) is 3.05. The van der Waals surface area contributed by atoms with Gasteiger partial charge in [0.1, 0.15) is 18.1 Å². The molecule has 0 atom stereocenters. The molecule has 0 saturated carbocycles. The number of rotatable bonds is 6. The summed E-state index contributed by atoms with van der Waals surface area (Å²) in [5.41, 5.74) is 0.975. The third-order valence-corrected chi connectivity index (χ3v) is 5.85. The van der Waals surface area contributed by atoms with Crippen LogP contribution in [0.25, 0.3) is 17.4 Å². The second kappa shape index (κ2) is 9.35. The normalized spacial score (nSPS) is 14.7. The Morgan fingerprint density at radius 1 is 1.09 bits per heavy atom. The first-order valence-corrected chi connectivity index (χ1v) is 10.7. The molecular weight excluding hydrogens is 468 g/mol. The summed E-state index contributed by atoms with van der Waals surface area (Å²) in [6.45, 7) is -0.419. The van der Waals surface area contributed by atoms with Crippen LogP contribution >= 0.6 is 23.4 Å². The van der Waals surface area contributed by atoms with Crippen molar-refractivity contribution in [2.45, 2.75) is 0 Å². The van der Waals surface area contributed by atoms with Gasteiger partial charge in [0.2, 0.25) is 5.91 Å². The van der Waals surface area contributed by atoms with Gasteiger partial charge in [-0.1, -0.05) is 29.8 Å². The lowest BCUT2D eigenvalue weighted by Crippen LogP contribution is -2.36. The monoisotopic (exact) mass is 482 g/mol. The summed E-state index contributed by atoms with van der Waals surface area (Å²) in [6, 6.07) is 16.0. The lowest BCUT2D eigenvalue weighted by Gasteiger charge is -2.12. The van der Waals surface area contributed by atoms with Crippen LogP contribution in [0.15, 0.2) is 70.0 Å². The molecule has 3 amide bonds. The summed E-state index contributed by atoms with van der Waals surface area (Å²) in [6.07, 6.45) is 1.39. The number of hydrogen-bond donors (Lipinski definition) is 2. The summed E-state index contributed by atoms with van der Waals surface area (Å²) in [5.74, 6) is -1.66. The maximum atomic E-state index is 12.7. The van der Waals surface area contributed by atoms with Crippen molar-refractivity contribution in [3.8, 4) is 11.3 Å². The van der Waals surface area contributed by atoms with Crippen molar-refractivity contribution in [3.63, 3.8) is 0 Å². The Balaban J connectivity index is 1.49. The molecule has 1 aliphatic rings. The zero-order valence-electron chi connectivity index (χ0n) is 16.8. The number of nitrogens with zero attached hydrogens (tertiary/aromatic N) is 1. The van der Waals surface area contributed by atoms with Crippen LogP contribution in [0.5, 0.6) is 0 Å². The fourth-order valence-corrected chi connectivity index (χ4v) is 4.08. The van der Waals surface area contributed by atoms with E-state index in [-0.39, 0.29) is 16.2 Å². The van der Waals surface area contributed by atoms with Crippen LogP contribution in [0.3, 0.4) is 0 Å². The van der Waals surface area contributed by atoms with Crippen molar-refractivity contribution in [3.05, 3.63) is 81.9 Å². The van der Waals surface area contributed by atoms with Crippen molar-refractivity contribution in [1.29, 1.82) is 0 Å². The minimum Gasteiger partial charge on any atom is -0.478 e. The standard InChI is InChI=1S/C23H15ClN2O6S/c24-17-8-6-13(22(29)30)10-16(17)18-9-7-15(32-18)11-19-21(28)26(23(31)33-19)12-20(27)25-14-4-2-1-3-5-14/h1-11H,12H2,(H,25,27)(H,29,30)/b19-11+. The van der Waals surface area contributed by atoms with Gasteiger partial charge in [-0.15, -0.1) is 0 Å². The molecule has 0 unspecified atom stereocenters. The molecule has 0 spiro atoms. The highest BCUT2D eigenvalue weighted by molar-refractivity contribution is 8.18. The van der Waals surface area contributed by atoms with E-state index in [0.717, 1.165) is 4.90 Å². The third-order valence-electron chi connectivity index (χ3n) is 4.61. The fraction of sp³-hybridized carbons (Fsp3) is 0.0435. The molecule has 10 heteroatoms. The van der Waals surface area contributed by atoms with Gasteiger partial charge in [-0.2, -0.15) is 0 Å². The molecule has 166 valence electrons. The minimum atomic E-state index is -1.11. The predicted molar refractivity (Wildman–Crippen MR) is 124 cm³/mol. The lowest BCUT2D eigenvalue weighted by molar-refractivity contribution is -0.127. The predicted octanol–water partition coefficient (Wildman–Crippen LogP) is 4.97. The molecule has 0 aliphatic carbocycles. The molecule has 1 aliphatic heterocycles. The second-order valence-corrected chi connectivity index (χ2v) is 8.28. The largest absolute Gasteiger partial charge is 0.478 e. The van der Waals surface area contributed by atoms with Crippen LogP contribution < -0.4 is 5.32 Å². The lowest BCUT2D eigenvalue weighted by atomic mass is 10.1. The number of hydrogen-bond acceptors (Lipinski definition) is 6. The van der Waals surface area contributed by atoms with E-state index in [1.807, 2.05) is 0 Å². The summed E-state index contributed by atoms with van der Waals surface area (Å²) in [5, 5.41) is 11.5. The summed E-state index contributed by atoms with van der Waals surface area (Å²) in [7, 11) is 0. The molecule has 33 heavy (non-hydrogen) atoms. The molecule has 2 N–H and O–H groups in total. The van der Waals surface area contributed by atoms with Gasteiger partial charge in [0, 0.05) is 17.3 Å². The number of halogens is 1. The first kappa shape index (κ1) is 22.4. The first-order valence-electron chi connectivity index (χ1n) is 9.55.